The average molecular weight is 365 g/mol. The van der Waals surface area contributed by atoms with Crippen LogP contribution in [0.2, 0.25) is 0 Å². The molecule has 3 amide bonds. The summed E-state index contributed by atoms with van der Waals surface area (Å²) in [5.41, 5.74) is 3.47. The second kappa shape index (κ2) is 8.49. The number of aryl methyl sites for hydroxylation is 1. The Kier molecular flexibility index (Phi) is 5.86. The van der Waals surface area contributed by atoms with Crippen molar-refractivity contribution in [2.45, 2.75) is 26.2 Å². The highest BCUT2D eigenvalue weighted by Gasteiger charge is 2.21. The first kappa shape index (κ1) is 18.6. The molecule has 1 heterocycles. The Labute approximate surface area is 158 Å². The van der Waals surface area contributed by atoms with E-state index in [0.717, 1.165) is 29.7 Å². The molecule has 2 aromatic rings. The van der Waals surface area contributed by atoms with Crippen LogP contribution in [-0.4, -0.2) is 30.8 Å². The Morgan fingerprint density at radius 2 is 1.81 bits per heavy atom. The third-order valence-electron chi connectivity index (χ3n) is 4.59. The van der Waals surface area contributed by atoms with Gasteiger partial charge in [0.15, 0.2) is 0 Å². The van der Waals surface area contributed by atoms with E-state index in [2.05, 4.69) is 10.6 Å². The highest BCUT2D eigenvalue weighted by Crippen LogP contribution is 2.30. The van der Waals surface area contributed by atoms with Gasteiger partial charge in [0.05, 0.1) is 0 Å². The lowest BCUT2D eigenvalue weighted by molar-refractivity contribution is -0.136. The van der Waals surface area contributed by atoms with Crippen LogP contribution in [0.5, 0.6) is 0 Å². The van der Waals surface area contributed by atoms with Gasteiger partial charge in [0.1, 0.15) is 0 Å². The van der Waals surface area contributed by atoms with E-state index in [4.69, 9.17) is 0 Å². The quantitative estimate of drug-likeness (QED) is 0.816. The van der Waals surface area contributed by atoms with Crippen molar-refractivity contribution in [3.05, 3.63) is 59.7 Å². The number of benzene rings is 2. The lowest BCUT2D eigenvalue weighted by Crippen LogP contribution is -2.37. The number of nitrogens with zero attached hydrogens (tertiary/aromatic N) is 1. The number of carbonyl (C=O) groups excluding carboxylic acids is 3. The lowest BCUT2D eigenvalue weighted by atomic mass is 10.0. The number of nitrogens with one attached hydrogen (secondary N) is 2. The Morgan fingerprint density at radius 1 is 1.04 bits per heavy atom. The maximum Gasteiger partial charge on any atom is 0.313 e. The van der Waals surface area contributed by atoms with E-state index in [1.54, 1.807) is 17.0 Å². The first-order valence-electron chi connectivity index (χ1n) is 9.09. The summed E-state index contributed by atoms with van der Waals surface area (Å²) in [7, 11) is 0. The van der Waals surface area contributed by atoms with Gasteiger partial charge < -0.3 is 15.5 Å². The van der Waals surface area contributed by atoms with Gasteiger partial charge in [-0.25, -0.2) is 0 Å². The van der Waals surface area contributed by atoms with E-state index in [-0.39, 0.29) is 5.91 Å². The smallest absolute Gasteiger partial charge is 0.313 e. The predicted octanol–water partition coefficient (Wildman–Crippen LogP) is 2.28. The summed E-state index contributed by atoms with van der Waals surface area (Å²) in [4.78, 5) is 37.7. The lowest BCUT2D eigenvalue weighted by Gasteiger charge is -2.29. The summed E-state index contributed by atoms with van der Waals surface area (Å²) in [6.45, 7) is 2.58. The Morgan fingerprint density at radius 3 is 2.56 bits per heavy atom. The van der Waals surface area contributed by atoms with Crippen LogP contribution >= 0.6 is 0 Å². The van der Waals surface area contributed by atoms with Gasteiger partial charge in [0.25, 0.3) is 0 Å². The molecule has 1 aliphatic rings. The monoisotopic (exact) mass is 365 g/mol. The molecule has 2 aromatic carbocycles. The molecule has 0 aliphatic carbocycles. The minimum Gasteiger partial charge on any atom is -0.347 e. The van der Waals surface area contributed by atoms with Crippen LogP contribution < -0.4 is 15.5 Å². The van der Waals surface area contributed by atoms with E-state index in [9.17, 15) is 14.4 Å². The summed E-state index contributed by atoms with van der Waals surface area (Å²) in [6.07, 6.45) is 2.47. The van der Waals surface area contributed by atoms with Crippen molar-refractivity contribution in [2.75, 3.05) is 23.3 Å². The number of fused-ring (bicyclic) bond motifs is 1. The molecule has 27 heavy (non-hydrogen) atoms. The number of rotatable bonds is 4. The van der Waals surface area contributed by atoms with E-state index in [1.807, 2.05) is 36.4 Å². The maximum atomic E-state index is 12.1. The summed E-state index contributed by atoms with van der Waals surface area (Å²) in [6, 6.07) is 15.2. The van der Waals surface area contributed by atoms with E-state index in [0.29, 0.717) is 25.2 Å². The largest absolute Gasteiger partial charge is 0.347 e. The summed E-state index contributed by atoms with van der Waals surface area (Å²) in [5, 5.41) is 5.24. The normalized spacial score (nSPS) is 12.9. The van der Waals surface area contributed by atoms with Crippen LogP contribution in [-0.2, 0) is 27.2 Å². The third-order valence-corrected chi connectivity index (χ3v) is 4.59. The Bertz CT molecular complexity index is 849. The standard InChI is InChI=1S/C21H23N3O3/c1-15(25)24-13-5-8-17-9-10-18(14-19(17)24)23-21(27)20(26)22-12-11-16-6-3-2-4-7-16/h2-4,6-7,9-10,14H,5,8,11-13H2,1H3,(H,22,26)(H,23,27). The zero-order valence-corrected chi connectivity index (χ0v) is 15.3. The first-order valence-corrected chi connectivity index (χ1v) is 9.09. The summed E-state index contributed by atoms with van der Waals surface area (Å²) in [5.74, 6) is -1.42. The van der Waals surface area contributed by atoms with Crippen LogP contribution in [0.15, 0.2) is 48.5 Å². The van der Waals surface area contributed by atoms with Crippen molar-refractivity contribution in [1.82, 2.24) is 5.32 Å². The van der Waals surface area contributed by atoms with Crippen LogP contribution in [0.3, 0.4) is 0 Å². The fraction of sp³-hybridized carbons (Fsp3) is 0.286. The Balaban J connectivity index is 1.58. The highest BCUT2D eigenvalue weighted by atomic mass is 16.2. The first-order chi connectivity index (χ1) is 13.0. The topological polar surface area (TPSA) is 78.5 Å². The van der Waals surface area contributed by atoms with Gasteiger partial charge in [-0.2, -0.15) is 0 Å². The molecule has 3 rings (SSSR count). The molecule has 0 aromatic heterocycles. The molecule has 140 valence electrons. The van der Waals surface area contributed by atoms with Gasteiger partial charge in [0.2, 0.25) is 5.91 Å². The SMILES string of the molecule is CC(=O)N1CCCc2ccc(NC(=O)C(=O)NCCc3ccccc3)cc21. The van der Waals surface area contributed by atoms with Crippen molar-refractivity contribution >= 4 is 29.1 Å². The molecule has 0 saturated heterocycles. The van der Waals surface area contributed by atoms with Crippen LogP contribution in [0.25, 0.3) is 0 Å². The molecular formula is C21H23N3O3. The highest BCUT2D eigenvalue weighted by molar-refractivity contribution is 6.39. The van der Waals surface area contributed by atoms with E-state index < -0.39 is 11.8 Å². The number of amides is 3. The molecule has 0 unspecified atom stereocenters. The van der Waals surface area contributed by atoms with Gasteiger partial charge >= 0.3 is 11.8 Å². The van der Waals surface area contributed by atoms with Crippen molar-refractivity contribution in [2.24, 2.45) is 0 Å². The van der Waals surface area contributed by atoms with Gasteiger partial charge in [0, 0.05) is 31.4 Å². The number of carbonyl (C=O) groups is 3. The molecule has 0 bridgehead atoms. The fourth-order valence-corrected chi connectivity index (χ4v) is 3.21. The second-order valence-corrected chi connectivity index (χ2v) is 6.56. The van der Waals surface area contributed by atoms with Gasteiger partial charge in [-0.1, -0.05) is 36.4 Å². The molecule has 6 heteroatoms. The zero-order chi connectivity index (χ0) is 19.2. The molecule has 0 fully saturated rings. The minimum absolute atomic E-state index is 0.0296. The van der Waals surface area contributed by atoms with Gasteiger partial charge in [-0.3, -0.25) is 14.4 Å². The van der Waals surface area contributed by atoms with Crippen molar-refractivity contribution < 1.29 is 14.4 Å². The molecule has 1 aliphatic heterocycles. The number of anilines is 2. The molecule has 0 atom stereocenters. The average Bonchev–Trinajstić information content (AvgIpc) is 2.68. The molecule has 2 N–H and O–H groups in total. The molecular weight excluding hydrogens is 342 g/mol. The third kappa shape index (κ3) is 4.73. The summed E-state index contributed by atoms with van der Waals surface area (Å²) >= 11 is 0. The van der Waals surface area contributed by atoms with Gasteiger partial charge in [-0.15, -0.1) is 0 Å². The Hall–Kier alpha value is -3.15. The van der Waals surface area contributed by atoms with Crippen molar-refractivity contribution in [1.29, 1.82) is 0 Å². The van der Waals surface area contributed by atoms with E-state index >= 15 is 0 Å². The predicted molar refractivity (Wildman–Crippen MR) is 105 cm³/mol. The van der Waals surface area contributed by atoms with Crippen molar-refractivity contribution in [3.63, 3.8) is 0 Å². The minimum atomic E-state index is -0.715. The van der Waals surface area contributed by atoms with Crippen LogP contribution in [0.4, 0.5) is 11.4 Å². The molecule has 0 radical (unpaired) electrons. The van der Waals surface area contributed by atoms with Gasteiger partial charge in [-0.05, 0) is 42.5 Å². The zero-order valence-electron chi connectivity index (χ0n) is 15.3. The number of hydrogen-bond donors (Lipinski definition) is 2. The van der Waals surface area contributed by atoms with Crippen LogP contribution in [0.1, 0.15) is 24.5 Å². The summed E-state index contributed by atoms with van der Waals surface area (Å²) < 4.78 is 0. The molecule has 0 saturated carbocycles. The van der Waals surface area contributed by atoms with Crippen LogP contribution in [0, 0.1) is 0 Å². The second-order valence-electron chi connectivity index (χ2n) is 6.56. The number of hydrogen-bond acceptors (Lipinski definition) is 3. The molecule has 0 spiro atoms. The maximum absolute atomic E-state index is 12.1. The van der Waals surface area contributed by atoms with E-state index in [1.165, 1.54) is 6.92 Å². The molecule has 6 nitrogen and oxygen atoms in total. The van der Waals surface area contributed by atoms with Crippen molar-refractivity contribution in [3.8, 4) is 0 Å². The fourth-order valence-electron chi connectivity index (χ4n) is 3.21.